The third-order valence-corrected chi connectivity index (χ3v) is 10.2. The summed E-state index contributed by atoms with van der Waals surface area (Å²) >= 11 is 0. The van der Waals surface area contributed by atoms with Crippen LogP contribution in [0.5, 0.6) is 0 Å². The molecule has 0 radical (unpaired) electrons. The Morgan fingerprint density at radius 3 is 2.59 bits per heavy atom. The molecule has 3 aliphatic heterocycles. The van der Waals surface area contributed by atoms with Crippen molar-refractivity contribution in [1.82, 2.24) is 15.2 Å². The van der Waals surface area contributed by atoms with Crippen molar-refractivity contribution >= 4 is 21.6 Å². The maximum absolute atomic E-state index is 13.6. The van der Waals surface area contributed by atoms with Gasteiger partial charge in [0.2, 0.25) is 5.91 Å². The van der Waals surface area contributed by atoms with Crippen molar-refractivity contribution < 1.29 is 26.4 Å². The van der Waals surface area contributed by atoms with Crippen LogP contribution in [0.4, 0.5) is 19.0 Å². The molecule has 2 unspecified atom stereocenters. The normalized spacial score (nSPS) is 34.1. The van der Waals surface area contributed by atoms with Crippen molar-refractivity contribution in [3.8, 4) is 0 Å². The number of alkyl halides is 3. The van der Waals surface area contributed by atoms with Gasteiger partial charge in [0.25, 0.3) is 0 Å². The van der Waals surface area contributed by atoms with Gasteiger partial charge in [-0.2, -0.15) is 13.2 Å². The number of rotatable bonds is 3. The van der Waals surface area contributed by atoms with E-state index in [2.05, 4.69) is 17.2 Å². The number of piperazine rings is 1. The maximum Gasteiger partial charge on any atom is 0.416 e. The minimum atomic E-state index is -4.42. The smallest absolute Gasteiger partial charge is 0.353 e. The number of pyridine rings is 1. The number of nitrogens with zero attached hydrogens (tertiary/aromatic N) is 3. The molecule has 0 aromatic carbocycles. The van der Waals surface area contributed by atoms with Gasteiger partial charge in [-0.25, -0.2) is 13.4 Å². The van der Waals surface area contributed by atoms with E-state index in [0.717, 1.165) is 31.4 Å². The summed E-state index contributed by atoms with van der Waals surface area (Å²) in [6, 6.07) is 2.35. The van der Waals surface area contributed by atoms with Gasteiger partial charge >= 0.3 is 6.18 Å². The Hall–Kier alpha value is -1.88. The zero-order valence-corrected chi connectivity index (χ0v) is 20.0. The number of fused-ring (bicyclic) bond motifs is 1. The van der Waals surface area contributed by atoms with E-state index in [0.29, 0.717) is 38.3 Å². The summed E-state index contributed by atoms with van der Waals surface area (Å²) in [7, 11) is -2.92. The predicted octanol–water partition coefficient (Wildman–Crippen LogP) is 2.47. The summed E-state index contributed by atoms with van der Waals surface area (Å²) in [6.45, 7) is 3.51. The zero-order chi connectivity index (χ0) is 24.3. The van der Waals surface area contributed by atoms with Gasteiger partial charge in [0.1, 0.15) is 15.7 Å². The highest BCUT2D eigenvalue weighted by molar-refractivity contribution is 7.91. The second-order valence-corrected chi connectivity index (χ2v) is 12.7. The molecule has 3 saturated heterocycles. The first-order chi connectivity index (χ1) is 16.0. The molecular weight excluding hydrogens is 469 g/mol. The lowest BCUT2D eigenvalue weighted by molar-refractivity contribution is -0.138. The van der Waals surface area contributed by atoms with Crippen molar-refractivity contribution in [3.63, 3.8) is 0 Å². The topological polar surface area (TPSA) is 82.6 Å². The molecule has 1 aromatic heterocycles. The van der Waals surface area contributed by atoms with E-state index in [1.54, 1.807) is 0 Å². The quantitative estimate of drug-likeness (QED) is 0.687. The number of carbonyl (C=O) groups excluding carboxylic acids is 1. The van der Waals surface area contributed by atoms with Crippen LogP contribution in [0, 0.1) is 11.3 Å². The van der Waals surface area contributed by atoms with Crippen molar-refractivity contribution in [1.29, 1.82) is 0 Å². The first kappa shape index (κ1) is 23.8. The molecule has 7 nitrogen and oxygen atoms in total. The van der Waals surface area contributed by atoms with E-state index in [1.807, 2.05) is 9.80 Å². The summed E-state index contributed by atoms with van der Waals surface area (Å²) < 4.78 is 63.0. The highest BCUT2D eigenvalue weighted by Gasteiger charge is 2.60. The fraction of sp³-hybridized carbons (Fsp3) is 0.739. The van der Waals surface area contributed by atoms with E-state index in [-0.39, 0.29) is 41.5 Å². The van der Waals surface area contributed by atoms with Gasteiger partial charge in [-0.1, -0.05) is 6.92 Å². The van der Waals surface area contributed by atoms with Crippen LogP contribution in [0.3, 0.4) is 0 Å². The molecule has 1 aromatic rings. The summed E-state index contributed by atoms with van der Waals surface area (Å²) in [5.41, 5.74) is -1.17. The molecule has 34 heavy (non-hydrogen) atoms. The Morgan fingerprint density at radius 1 is 1.15 bits per heavy atom. The highest BCUT2D eigenvalue weighted by atomic mass is 32.2. The number of sulfone groups is 1. The Bertz CT molecular complexity index is 1050. The van der Waals surface area contributed by atoms with E-state index in [9.17, 15) is 26.4 Å². The molecule has 11 heteroatoms. The molecule has 4 fully saturated rings. The molecule has 1 aliphatic carbocycles. The van der Waals surface area contributed by atoms with E-state index < -0.39 is 27.0 Å². The highest BCUT2D eigenvalue weighted by Crippen LogP contribution is 2.53. The largest absolute Gasteiger partial charge is 0.416 e. The minimum absolute atomic E-state index is 0.0591. The summed E-state index contributed by atoms with van der Waals surface area (Å²) in [5.74, 6) is 0.970. The Kier molecular flexibility index (Phi) is 5.86. The number of nitrogens with one attached hydrogen (secondary N) is 1. The number of amides is 1. The molecule has 1 spiro atoms. The summed E-state index contributed by atoms with van der Waals surface area (Å²) in [6.07, 6.45) is 0.383. The minimum Gasteiger partial charge on any atom is -0.353 e. The molecule has 1 N–H and O–H groups in total. The molecule has 5 rings (SSSR count). The second kappa shape index (κ2) is 8.36. The van der Waals surface area contributed by atoms with Gasteiger partial charge < -0.3 is 15.1 Å². The zero-order valence-electron chi connectivity index (χ0n) is 19.2. The lowest BCUT2D eigenvalue weighted by Crippen LogP contribution is -2.53. The molecule has 1 amide bonds. The van der Waals surface area contributed by atoms with E-state index in [1.165, 1.54) is 6.20 Å². The van der Waals surface area contributed by atoms with Crippen LogP contribution in [0.1, 0.15) is 44.6 Å². The number of aromatic nitrogens is 1. The number of carbonyl (C=O) groups is 1. The standard InChI is InChI=1S/C23H31F3N4O3S/c1-15-19-14-29(20-12-16(3-7-27-20)23(24,25)26)8-9-30(19)21(31)22(15)6-2-18(13-22)28-17-4-10-34(32,33)11-5-17/h3,7,12,15,17-19,28H,2,4-6,8-11,13-14H2,1H3/t15?,18-,19?,22+/m1/s1. The Balaban J connectivity index is 1.27. The lowest BCUT2D eigenvalue weighted by atomic mass is 9.74. The molecule has 4 aliphatic rings. The van der Waals surface area contributed by atoms with Gasteiger partial charge in [-0.15, -0.1) is 0 Å². The SMILES string of the molecule is CC1C2CN(c3cc(C(F)(F)F)ccn3)CCN2C(=O)[C@]12CC[C@@H](NC1CCS(=O)(=O)CC1)C2. The van der Waals surface area contributed by atoms with Crippen molar-refractivity contribution in [2.24, 2.45) is 11.3 Å². The molecule has 188 valence electrons. The molecular formula is C23H31F3N4O3S. The van der Waals surface area contributed by atoms with Crippen LogP contribution >= 0.6 is 0 Å². The van der Waals surface area contributed by atoms with Gasteiger partial charge in [0.05, 0.1) is 28.5 Å². The van der Waals surface area contributed by atoms with Crippen molar-refractivity contribution in [2.45, 2.75) is 63.3 Å². The third-order valence-electron chi connectivity index (χ3n) is 8.53. The lowest BCUT2D eigenvalue weighted by Gasteiger charge is -2.39. The Labute approximate surface area is 198 Å². The molecule has 4 atom stereocenters. The second-order valence-electron chi connectivity index (χ2n) is 10.4. The van der Waals surface area contributed by atoms with Crippen LogP contribution in [-0.4, -0.2) is 73.5 Å². The van der Waals surface area contributed by atoms with E-state index >= 15 is 0 Å². The fourth-order valence-electron chi connectivity index (χ4n) is 6.53. The fourth-order valence-corrected chi connectivity index (χ4v) is 8.02. The van der Waals surface area contributed by atoms with Crippen LogP contribution in [0.25, 0.3) is 0 Å². The number of hydrogen-bond donors (Lipinski definition) is 1. The third kappa shape index (κ3) is 4.19. The summed E-state index contributed by atoms with van der Waals surface area (Å²) in [5, 5.41) is 3.62. The first-order valence-electron chi connectivity index (χ1n) is 12.0. The summed E-state index contributed by atoms with van der Waals surface area (Å²) in [4.78, 5) is 21.5. The van der Waals surface area contributed by atoms with Crippen LogP contribution < -0.4 is 10.2 Å². The van der Waals surface area contributed by atoms with Crippen LogP contribution in [-0.2, 0) is 20.8 Å². The average Bonchev–Trinajstić information content (AvgIpc) is 3.31. The predicted molar refractivity (Wildman–Crippen MR) is 121 cm³/mol. The van der Waals surface area contributed by atoms with E-state index in [4.69, 9.17) is 0 Å². The van der Waals surface area contributed by atoms with Crippen molar-refractivity contribution in [2.75, 3.05) is 36.0 Å². The molecule has 4 heterocycles. The Morgan fingerprint density at radius 2 is 1.88 bits per heavy atom. The number of hydrogen-bond acceptors (Lipinski definition) is 6. The van der Waals surface area contributed by atoms with Crippen molar-refractivity contribution in [3.05, 3.63) is 23.9 Å². The first-order valence-corrected chi connectivity index (χ1v) is 13.9. The van der Waals surface area contributed by atoms with Crippen LogP contribution in [0.2, 0.25) is 0 Å². The van der Waals surface area contributed by atoms with Gasteiger partial charge in [0.15, 0.2) is 0 Å². The van der Waals surface area contributed by atoms with Gasteiger partial charge in [0, 0.05) is 37.9 Å². The van der Waals surface area contributed by atoms with Gasteiger partial charge in [-0.05, 0) is 50.2 Å². The average molecular weight is 501 g/mol. The molecule has 0 bridgehead atoms. The van der Waals surface area contributed by atoms with Gasteiger partial charge in [-0.3, -0.25) is 4.79 Å². The number of halogens is 3. The number of anilines is 1. The van der Waals surface area contributed by atoms with Crippen LogP contribution in [0.15, 0.2) is 18.3 Å². The molecule has 1 saturated carbocycles. The monoisotopic (exact) mass is 500 g/mol. The maximum atomic E-state index is 13.6.